The third-order valence-corrected chi connectivity index (χ3v) is 7.19. The number of hydrogen-bond acceptors (Lipinski definition) is 7. The number of ether oxygens (including phenoxy) is 5. The molecule has 6 atom stereocenters. The van der Waals surface area contributed by atoms with Crippen LogP contribution in [0.25, 0.3) is 0 Å². The van der Waals surface area contributed by atoms with Crippen molar-refractivity contribution in [1.29, 1.82) is 0 Å². The Morgan fingerprint density at radius 3 is 2.17 bits per heavy atom. The lowest BCUT2D eigenvalue weighted by Crippen LogP contribution is -2.62. The van der Waals surface area contributed by atoms with Crippen molar-refractivity contribution in [3.8, 4) is 17.2 Å². The maximum absolute atomic E-state index is 13.9. The molecule has 7 nitrogen and oxygen atoms in total. The van der Waals surface area contributed by atoms with Gasteiger partial charge in [0.15, 0.2) is 22.9 Å². The number of aliphatic hydroxyl groups is 1. The number of allylic oxidation sites excluding steroid dienone is 1. The second-order valence-electron chi connectivity index (χ2n) is 8.12. The Kier molecular flexibility index (Phi) is 6.18. The van der Waals surface area contributed by atoms with Crippen molar-refractivity contribution in [3.63, 3.8) is 0 Å². The fourth-order valence-electron chi connectivity index (χ4n) is 5.76. The van der Waals surface area contributed by atoms with Crippen LogP contribution >= 0.6 is 0 Å². The third kappa shape index (κ3) is 2.79. The zero-order valence-corrected chi connectivity index (χ0v) is 18.6. The highest BCUT2D eigenvalue weighted by atomic mass is 16.5. The van der Waals surface area contributed by atoms with E-state index in [1.807, 2.05) is 19.1 Å². The molecule has 1 aromatic rings. The highest BCUT2D eigenvalue weighted by molar-refractivity contribution is 5.99. The molecule has 2 bridgehead atoms. The SMILES string of the molecule is C=CCC12CC(OC)C(O)C(OC)(C1=O)C(c1cc(OC)c(OC)c(OC)c1)C2C. The molecule has 1 aromatic carbocycles. The Hall–Kier alpha value is -2.09. The van der Waals surface area contributed by atoms with Gasteiger partial charge in [0.1, 0.15) is 6.10 Å². The molecule has 166 valence electrons. The average Bonchev–Trinajstić information content (AvgIpc) is 2.89. The van der Waals surface area contributed by atoms with Crippen LogP contribution in [0.1, 0.15) is 31.2 Å². The van der Waals surface area contributed by atoms with Gasteiger partial charge in [-0.1, -0.05) is 13.0 Å². The first-order valence-electron chi connectivity index (χ1n) is 10.0. The Balaban J connectivity index is 2.29. The first-order valence-corrected chi connectivity index (χ1v) is 10.0. The number of ketones is 1. The molecule has 1 N–H and O–H groups in total. The van der Waals surface area contributed by atoms with E-state index >= 15 is 0 Å². The van der Waals surface area contributed by atoms with Gasteiger partial charge in [0.05, 0.1) is 27.4 Å². The molecule has 0 amide bonds. The quantitative estimate of drug-likeness (QED) is 0.648. The maximum Gasteiger partial charge on any atom is 0.203 e. The normalized spacial score (nSPS) is 35.2. The van der Waals surface area contributed by atoms with E-state index in [-0.39, 0.29) is 11.7 Å². The van der Waals surface area contributed by atoms with Gasteiger partial charge in [0, 0.05) is 25.6 Å². The smallest absolute Gasteiger partial charge is 0.203 e. The molecule has 0 radical (unpaired) electrons. The summed E-state index contributed by atoms with van der Waals surface area (Å²) >= 11 is 0. The van der Waals surface area contributed by atoms with Crippen LogP contribution in [0.2, 0.25) is 0 Å². The van der Waals surface area contributed by atoms with E-state index < -0.39 is 29.1 Å². The fraction of sp³-hybridized carbons (Fsp3) is 0.609. The lowest BCUT2D eigenvalue weighted by molar-refractivity contribution is -0.190. The Morgan fingerprint density at radius 1 is 1.13 bits per heavy atom. The number of fused-ring (bicyclic) bond motifs is 2. The van der Waals surface area contributed by atoms with Crippen molar-refractivity contribution in [3.05, 3.63) is 30.4 Å². The van der Waals surface area contributed by atoms with E-state index in [1.165, 1.54) is 14.2 Å². The standard InChI is InChI=1S/C23H32O7/c1-8-9-22-12-17(28-5)20(24)23(30-7,21(22)25)18(13(22)2)14-10-15(26-3)19(29-6)16(11-14)27-4/h8,10-11,13,17-18,20,24H,1,9,12H2,2-7H3. The number of aliphatic hydroxyl groups excluding tert-OH is 1. The van der Waals surface area contributed by atoms with E-state index in [4.69, 9.17) is 23.7 Å². The van der Waals surface area contributed by atoms with E-state index in [0.717, 1.165) is 5.56 Å². The Labute approximate surface area is 177 Å². The van der Waals surface area contributed by atoms with Gasteiger partial charge in [-0.15, -0.1) is 6.58 Å². The lowest BCUT2D eigenvalue weighted by atomic mass is 9.66. The van der Waals surface area contributed by atoms with E-state index in [2.05, 4.69) is 6.58 Å². The monoisotopic (exact) mass is 420 g/mol. The highest BCUT2D eigenvalue weighted by Gasteiger charge is 2.74. The predicted octanol–water partition coefficient (Wildman–Crippen LogP) is 2.74. The van der Waals surface area contributed by atoms with Gasteiger partial charge >= 0.3 is 0 Å². The van der Waals surface area contributed by atoms with Crippen LogP contribution in [-0.2, 0) is 14.3 Å². The predicted molar refractivity (Wildman–Crippen MR) is 111 cm³/mol. The summed E-state index contributed by atoms with van der Waals surface area (Å²) in [5, 5.41) is 11.3. The zero-order chi connectivity index (χ0) is 22.3. The van der Waals surface area contributed by atoms with Crippen LogP contribution < -0.4 is 14.2 Å². The molecule has 2 aliphatic carbocycles. The number of carbonyl (C=O) groups is 1. The molecular formula is C23H32O7. The lowest BCUT2D eigenvalue weighted by Gasteiger charge is -2.45. The van der Waals surface area contributed by atoms with Crippen LogP contribution in [0.5, 0.6) is 17.2 Å². The first kappa shape index (κ1) is 22.6. The second-order valence-corrected chi connectivity index (χ2v) is 8.12. The van der Waals surface area contributed by atoms with Gasteiger partial charge in [0.2, 0.25) is 5.75 Å². The van der Waals surface area contributed by atoms with Crippen molar-refractivity contribution in [2.24, 2.45) is 11.3 Å². The van der Waals surface area contributed by atoms with Crippen LogP contribution in [0.15, 0.2) is 24.8 Å². The molecular weight excluding hydrogens is 388 g/mol. The fourth-order valence-corrected chi connectivity index (χ4v) is 5.76. The van der Waals surface area contributed by atoms with Crippen molar-refractivity contribution in [2.75, 3.05) is 35.5 Å². The molecule has 7 heteroatoms. The number of rotatable bonds is 8. The minimum atomic E-state index is -1.45. The zero-order valence-electron chi connectivity index (χ0n) is 18.6. The molecule has 2 fully saturated rings. The average molecular weight is 421 g/mol. The van der Waals surface area contributed by atoms with E-state index in [0.29, 0.717) is 30.1 Å². The number of methoxy groups -OCH3 is 5. The summed E-state index contributed by atoms with van der Waals surface area (Å²) in [7, 11) is 7.65. The summed E-state index contributed by atoms with van der Waals surface area (Å²) in [6.45, 7) is 5.90. The largest absolute Gasteiger partial charge is 0.493 e. The van der Waals surface area contributed by atoms with Gasteiger partial charge in [-0.3, -0.25) is 4.79 Å². The summed E-state index contributed by atoms with van der Waals surface area (Å²) in [6.07, 6.45) is 0.995. The Morgan fingerprint density at radius 2 is 1.73 bits per heavy atom. The second kappa shape index (κ2) is 8.21. The van der Waals surface area contributed by atoms with Crippen molar-refractivity contribution in [2.45, 2.75) is 43.5 Å². The maximum atomic E-state index is 13.9. The van der Waals surface area contributed by atoms with Gasteiger partial charge in [-0.25, -0.2) is 0 Å². The topological polar surface area (TPSA) is 83.5 Å². The van der Waals surface area contributed by atoms with Crippen LogP contribution in [0, 0.1) is 11.3 Å². The van der Waals surface area contributed by atoms with Gasteiger partial charge < -0.3 is 28.8 Å². The number of benzene rings is 1. The Bertz CT molecular complexity index is 797. The van der Waals surface area contributed by atoms with Crippen molar-refractivity contribution >= 4 is 5.78 Å². The van der Waals surface area contributed by atoms with E-state index in [1.54, 1.807) is 27.4 Å². The van der Waals surface area contributed by atoms with Crippen LogP contribution in [0.3, 0.4) is 0 Å². The van der Waals surface area contributed by atoms with Crippen LogP contribution in [0.4, 0.5) is 0 Å². The van der Waals surface area contributed by atoms with Crippen LogP contribution in [-0.4, -0.2) is 64.2 Å². The van der Waals surface area contributed by atoms with Gasteiger partial charge in [-0.05, 0) is 36.5 Å². The third-order valence-electron chi connectivity index (χ3n) is 7.19. The summed E-state index contributed by atoms with van der Waals surface area (Å²) in [4.78, 5) is 13.9. The molecule has 0 aliphatic heterocycles. The molecule has 0 spiro atoms. The number of carbonyl (C=O) groups excluding carboxylic acids is 1. The van der Waals surface area contributed by atoms with Crippen molar-refractivity contribution < 1.29 is 33.6 Å². The molecule has 3 rings (SSSR count). The minimum absolute atomic E-state index is 0.107. The summed E-state index contributed by atoms with van der Waals surface area (Å²) < 4.78 is 28.0. The molecule has 6 unspecified atom stereocenters. The number of hydrogen-bond donors (Lipinski definition) is 1. The van der Waals surface area contributed by atoms with Gasteiger partial charge in [0.25, 0.3) is 0 Å². The highest BCUT2D eigenvalue weighted by Crippen LogP contribution is 2.64. The van der Waals surface area contributed by atoms with E-state index in [9.17, 15) is 9.90 Å². The summed E-state index contributed by atoms with van der Waals surface area (Å²) in [5.74, 6) is 0.722. The number of Topliss-reactive ketones (excluding diaryl/α,β-unsaturated/α-hetero) is 1. The molecule has 0 saturated heterocycles. The molecule has 2 aliphatic rings. The molecule has 2 saturated carbocycles. The molecule has 30 heavy (non-hydrogen) atoms. The summed E-state index contributed by atoms with van der Waals surface area (Å²) in [6, 6.07) is 3.65. The van der Waals surface area contributed by atoms with Crippen molar-refractivity contribution in [1.82, 2.24) is 0 Å². The first-order chi connectivity index (χ1) is 14.3. The van der Waals surface area contributed by atoms with Gasteiger partial charge in [-0.2, -0.15) is 0 Å². The minimum Gasteiger partial charge on any atom is -0.493 e. The molecule has 0 aromatic heterocycles. The molecule has 0 heterocycles. The summed E-state index contributed by atoms with van der Waals surface area (Å²) in [5.41, 5.74) is -1.43.